The summed E-state index contributed by atoms with van der Waals surface area (Å²) >= 11 is 0. The molecule has 0 spiro atoms. The fourth-order valence-corrected chi connectivity index (χ4v) is 4.80. The zero-order valence-electron chi connectivity index (χ0n) is 21.0. The first-order valence-corrected chi connectivity index (χ1v) is 12.5. The van der Waals surface area contributed by atoms with Crippen LogP contribution < -0.4 is 9.64 Å². The van der Waals surface area contributed by atoms with Crippen LogP contribution in [0, 0.1) is 23.7 Å². The molecule has 0 N–H and O–H groups in total. The van der Waals surface area contributed by atoms with E-state index in [0.717, 1.165) is 55.2 Å². The van der Waals surface area contributed by atoms with Gasteiger partial charge >= 0.3 is 0 Å². The SMILES string of the molecule is C#CC(=O)N1CCN(c2ccc(-c3cc(OCCN4CCN(C)CC4)cn4ncc(C#N)c34)cn2)CC1. The topological polar surface area (TPSA) is 93.2 Å². The van der Waals surface area contributed by atoms with Crippen LogP contribution in [0.1, 0.15) is 5.56 Å². The largest absolute Gasteiger partial charge is 0.491 e. The van der Waals surface area contributed by atoms with E-state index in [1.165, 1.54) is 0 Å². The number of terminal acetylenes is 1. The predicted octanol–water partition coefficient (Wildman–Crippen LogP) is 1.18. The van der Waals surface area contributed by atoms with Crippen LogP contribution in [0.25, 0.3) is 16.6 Å². The Hall–Kier alpha value is -4.12. The molecule has 10 heteroatoms. The number of nitrogens with zero attached hydrogens (tertiary/aromatic N) is 8. The number of likely N-dealkylation sites (N-methyl/N-ethyl adjacent to an activating group) is 1. The Labute approximate surface area is 216 Å². The van der Waals surface area contributed by atoms with Gasteiger partial charge in [0.2, 0.25) is 0 Å². The summed E-state index contributed by atoms with van der Waals surface area (Å²) in [4.78, 5) is 25.0. The fourth-order valence-electron chi connectivity index (χ4n) is 4.80. The van der Waals surface area contributed by atoms with Crippen LogP contribution in [0.4, 0.5) is 5.82 Å². The quantitative estimate of drug-likeness (QED) is 0.468. The van der Waals surface area contributed by atoms with Crippen LogP contribution in [0.3, 0.4) is 0 Å². The van der Waals surface area contributed by atoms with E-state index in [-0.39, 0.29) is 5.91 Å². The molecule has 10 nitrogen and oxygen atoms in total. The number of ether oxygens (including phenoxy) is 1. The summed E-state index contributed by atoms with van der Waals surface area (Å²) in [6.07, 6.45) is 10.5. The van der Waals surface area contributed by atoms with Gasteiger partial charge in [0.1, 0.15) is 24.2 Å². The predicted molar refractivity (Wildman–Crippen MR) is 140 cm³/mol. The second kappa shape index (κ2) is 10.9. The smallest absolute Gasteiger partial charge is 0.298 e. The monoisotopic (exact) mass is 498 g/mol. The lowest BCUT2D eigenvalue weighted by Gasteiger charge is -2.34. The number of hydrogen-bond donors (Lipinski definition) is 0. The number of fused-ring (bicyclic) bond motifs is 1. The van der Waals surface area contributed by atoms with Crippen LogP contribution >= 0.6 is 0 Å². The first-order valence-electron chi connectivity index (χ1n) is 12.5. The molecule has 0 radical (unpaired) electrons. The average Bonchev–Trinajstić information content (AvgIpc) is 3.36. The minimum Gasteiger partial charge on any atom is -0.491 e. The molecule has 37 heavy (non-hydrogen) atoms. The molecule has 3 aromatic rings. The first kappa shape index (κ1) is 24.6. The molecule has 2 aliphatic rings. The second-order valence-corrected chi connectivity index (χ2v) is 9.37. The van der Waals surface area contributed by atoms with Crippen molar-refractivity contribution in [3.63, 3.8) is 0 Å². The van der Waals surface area contributed by atoms with E-state index in [4.69, 9.17) is 16.1 Å². The van der Waals surface area contributed by atoms with Crippen LogP contribution in [0.15, 0.2) is 36.8 Å². The Morgan fingerprint density at radius 1 is 1.11 bits per heavy atom. The lowest BCUT2D eigenvalue weighted by atomic mass is 10.1. The highest BCUT2D eigenvalue weighted by Gasteiger charge is 2.21. The van der Waals surface area contributed by atoms with Crippen molar-refractivity contribution in [2.24, 2.45) is 0 Å². The standard InChI is InChI=1S/C27H30N8O2/c1-3-26(36)34-12-10-33(11-13-34)25-5-4-21(18-29-25)24-16-23(20-35-27(24)22(17-28)19-30-35)37-15-14-32-8-6-31(2)7-9-32/h1,4-5,16,18-20H,6-15H2,2H3. The van der Waals surface area contributed by atoms with Crippen molar-refractivity contribution in [2.45, 2.75) is 0 Å². The summed E-state index contributed by atoms with van der Waals surface area (Å²) in [7, 11) is 2.15. The number of amides is 1. The van der Waals surface area contributed by atoms with E-state index in [2.05, 4.69) is 38.8 Å². The van der Waals surface area contributed by atoms with Gasteiger partial charge in [-0.05, 0) is 31.2 Å². The van der Waals surface area contributed by atoms with Crippen LogP contribution in [0.2, 0.25) is 0 Å². The number of rotatable bonds is 6. The molecule has 5 heterocycles. The molecule has 0 unspecified atom stereocenters. The Balaban J connectivity index is 1.32. The van der Waals surface area contributed by atoms with Crippen molar-refractivity contribution >= 4 is 17.2 Å². The van der Waals surface area contributed by atoms with Crippen LogP contribution in [-0.4, -0.2) is 108 Å². The van der Waals surface area contributed by atoms with E-state index in [9.17, 15) is 10.1 Å². The summed E-state index contributed by atoms with van der Waals surface area (Å²) in [5, 5.41) is 14.0. The molecule has 0 aromatic carbocycles. The number of carbonyl (C=O) groups is 1. The molecule has 2 saturated heterocycles. The Morgan fingerprint density at radius 3 is 2.57 bits per heavy atom. The van der Waals surface area contributed by atoms with Gasteiger partial charge in [-0.25, -0.2) is 9.50 Å². The molecule has 0 atom stereocenters. The maximum Gasteiger partial charge on any atom is 0.298 e. The highest BCUT2D eigenvalue weighted by atomic mass is 16.5. The Kier molecular flexibility index (Phi) is 7.22. The van der Waals surface area contributed by atoms with Gasteiger partial charge in [-0.3, -0.25) is 9.69 Å². The normalized spacial score (nSPS) is 16.9. The molecule has 1 amide bonds. The van der Waals surface area contributed by atoms with E-state index < -0.39 is 0 Å². The number of aromatic nitrogens is 3. The maximum absolute atomic E-state index is 11.7. The molecule has 3 aromatic heterocycles. The Bertz CT molecular complexity index is 1340. The number of anilines is 1. The van der Waals surface area contributed by atoms with E-state index in [1.54, 1.807) is 15.6 Å². The summed E-state index contributed by atoms with van der Waals surface area (Å²) in [6.45, 7) is 8.15. The third kappa shape index (κ3) is 5.36. The fraction of sp³-hybridized carbons (Fsp3) is 0.407. The molecular formula is C27H30N8O2. The molecular weight excluding hydrogens is 468 g/mol. The third-order valence-electron chi connectivity index (χ3n) is 7.05. The van der Waals surface area contributed by atoms with E-state index >= 15 is 0 Å². The summed E-state index contributed by atoms with van der Waals surface area (Å²) in [6, 6.07) is 8.17. The molecule has 0 aliphatic carbocycles. The number of piperazine rings is 2. The summed E-state index contributed by atoms with van der Waals surface area (Å²) < 4.78 is 7.84. The van der Waals surface area contributed by atoms with Gasteiger partial charge in [0.25, 0.3) is 5.91 Å². The molecule has 190 valence electrons. The van der Waals surface area contributed by atoms with Gasteiger partial charge in [-0.15, -0.1) is 6.42 Å². The lowest BCUT2D eigenvalue weighted by molar-refractivity contribution is -0.125. The van der Waals surface area contributed by atoms with Gasteiger partial charge < -0.3 is 19.4 Å². The van der Waals surface area contributed by atoms with Gasteiger partial charge in [-0.1, -0.05) is 0 Å². The first-order chi connectivity index (χ1) is 18.1. The van der Waals surface area contributed by atoms with Crippen molar-refractivity contribution in [1.82, 2.24) is 29.3 Å². The number of nitriles is 1. The lowest BCUT2D eigenvalue weighted by Crippen LogP contribution is -2.48. The minimum atomic E-state index is -0.272. The van der Waals surface area contributed by atoms with Crippen molar-refractivity contribution in [3.8, 4) is 35.3 Å². The number of carbonyl (C=O) groups excluding carboxylic acids is 1. The minimum absolute atomic E-state index is 0.272. The number of pyridine rings is 2. The van der Waals surface area contributed by atoms with Crippen LogP contribution in [0.5, 0.6) is 5.75 Å². The van der Waals surface area contributed by atoms with Crippen molar-refractivity contribution < 1.29 is 9.53 Å². The maximum atomic E-state index is 11.7. The van der Waals surface area contributed by atoms with E-state index in [0.29, 0.717) is 44.1 Å². The van der Waals surface area contributed by atoms with Gasteiger partial charge in [0.05, 0.1) is 23.5 Å². The van der Waals surface area contributed by atoms with Crippen LogP contribution in [-0.2, 0) is 4.79 Å². The third-order valence-corrected chi connectivity index (χ3v) is 7.05. The zero-order valence-corrected chi connectivity index (χ0v) is 21.0. The van der Waals surface area contributed by atoms with Gasteiger partial charge in [0, 0.05) is 76.2 Å². The second-order valence-electron chi connectivity index (χ2n) is 9.37. The van der Waals surface area contributed by atoms with E-state index in [1.807, 2.05) is 30.6 Å². The highest BCUT2D eigenvalue weighted by Crippen LogP contribution is 2.31. The van der Waals surface area contributed by atoms with Crippen molar-refractivity contribution in [2.75, 3.05) is 77.5 Å². The molecule has 0 saturated carbocycles. The summed E-state index contributed by atoms with van der Waals surface area (Å²) in [5.41, 5.74) is 2.94. The Morgan fingerprint density at radius 2 is 1.89 bits per heavy atom. The summed E-state index contributed by atoms with van der Waals surface area (Å²) in [5.74, 6) is 3.44. The molecule has 2 fully saturated rings. The molecule has 5 rings (SSSR count). The average molecular weight is 499 g/mol. The zero-order chi connectivity index (χ0) is 25.8. The molecule has 2 aliphatic heterocycles. The number of hydrogen-bond acceptors (Lipinski definition) is 8. The van der Waals surface area contributed by atoms with Gasteiger partial charge in [-0.2, -0.15) is 10.4 Å². The highest BCUT2D eigenvalue weighted by molar-refractivity contribution is 5.93. The van der Waals surface area contributed by atoms with Crippen molar-refractivity contribution in [1.29, 1.82) is 5.26 Å². The van der Waals surface area contributed by atoms with Gasteiger partial charge in [0.15, 0.2) is 0 Å². The van der Waals surface area contributed by atoms with Crippen molar-refractivity contribution in [3.05, 3.63) is 42.4 Å². The molecule has 0 bridgehead atoms.